The summed E-state index contributed by atoms with van der Waals surface area (Å²) in [4.78, 5) is 17.0. The number of imidazole rings is 1. The molecule has 3 aromatic heterocycles. The number of hydrogen-bond donors (Lipinski definition) is 1. The minimum absolute atomic E-state index is 0.0940. The highest BCUT2D eigenvalue weighted by Crippen LogP contribution is 2.22. The molecule has 0 unspecified atom stereocenters. The Balaban J connectivity index is 2.11. The zero-order valence-corrected chi connectivity index (χ0v) is 13.2. The van der Waals surface area contributed by atoms with Crippen LogP contribution in [0.1, 0.15) is 33.9 Å². The predicted molar refractivity (Wildman–Crippen MR) is 85.8 cm³/mol. The van der Waals surface area contributed by atoms with Gasteiger partial charge in [0.05, 0.1) is 17.1 Å². The van der Waals surface area contributed by atoms with Crippen LogP contribution in [0, 0.1) is 32.1 Å². The largest absolute Gasteiger partial charge is 0.288 e. The summed E-state index contributed by atoms with van der Waals surface area (Å²) in [5.74, 6) is 0. The van der Waals surface area contributed by atoms with E-state index in [-0.39, 0.29) is 5.56 Å². The van der Waals surface area contributed by atoms with E-state index in [9.17, 15) is 4.79 Å². The Labute approximate surface area is 130 Å². The van der Waals surface area contributed by atoms with Gasteiger partial charge in [0.15, 0.2) is 4.96 Å². The third kappa shape index (κ3) is 2.14. The molecular formula is C15H13N5OS. The van der Waals surface area contributed by atoms with Crippen LogP contribution in [0.3, 0.4) is 0 Å². The zero-order chi connectivity index (χ0) is 15.9. The molecule has 0 aliphatic carbocycles. The summed E-state index contributed by atoms with van der Waals surface area (Å²) in [5, 5.41) is 17.4. The van der Waals surface area contributed by atoms with Crippen molar-refractivity contribution in [1.29, 1.82) is 5.26 Å². The van der Waals surface area contributed by atoms with Gasteiger partial charge in [0, 0.05) is 11.1 Å². The van der Waals surface area contributed by atoms with Crippen LogP contribution in [0.15, 0.2) is 10.2 Å². The lowest BCUT2D eigenvalue weighted by Gasteiger charge is -2.01. The van der Waals surface area contributed by atoms with E-state index in [1.807, 2.05) is 26.0 Å². The van der Waals surface area contributed by atoms with Crippen LogP contribution in [0.2, 0.25) is 0 Å². The van der Waals surface area contributed by atoms with Crippen molar-refractivity contribution in [3.05, 3.63) is 49.6 Å². The van der Waals surface area contributed by atoms with Gasteiger partial charge in [-0.25, -0.2) is 10.1 Å². The number of fused-ring (bicyclic) bond motifs is 1. The molecule has 6 nitrogen and oxygen atoms in total. The molecule has 0 aliphatic rings. The van der Waals surface area contributed by atoms with Gasteiger partial charge in [-0.3, -0.25) is 9.20 Å². The molecule has 0 fully saturated rings. The molecule has 3 heterocycles. The van der Waals surface area contributed by atoms with Crippen molar-refractivity contribution >= 4 is 28.4 Å². The standard InChI is InChI=1S/C15H13N5OS/c1-8-7-22-15-17-10(3)13(20(8)15)5-4-12-9(2)11(6-16)14(21)19-18-12/h4-5,7H,1-3H3,(H,19,21)/b5-4+. The number of nitrogens with one attached hydrogen (secondary N) is 1. The maximum Gasteiger partial charge on any atom is 0.282 e. The average Bonchev–Trinajstić information content (AvgIpc) is 2.98. The van der Waals surface area contributed by atoms with Gasteiger partial charge in [0.1, 0.15) is 11.6 Å². The molecule has 3 rings (SSSR count). The Hall–Kier alpha value is -2.72. The second kappa shape index (κ2) is 5.24. The summed E-state index contributed by atoms with van der Waals surface area (Å²) < 4.78 is 2.07. The maximum atomic E-state index is 11.5. The van der Waals surface area contributed by atoms with Gasteiger partial charge in [-0.05, 0) is 38.5 Å². The number of rotatable bonds is 2. The third-order valence-electron chi connectivity index (χ3n) is 3.53. The second-order valence-electron chi connectivity index (χ2n) is 4.96. The van der Waals surface area contributed by atoms with Crippen LogP contribution in [0.4, 0.5) is 0 Å². The first-order valence-electron chi connectivity index (χ1n) is 6.63. The van der Waals surface area contributed by atoms with E-state index in [0.29, 0.717) is 11.3 Å². The summed E-state index contributed by atoms with van der Waals surface area (Å²) in [6.45, 7) is 5.70. The molecular weight excluding hydrogens is 298 g/mol. The Morgan fingerprint density at radius 3 is 2.86 bits per heavy atom. The van der Waals surface area contributed by atoms with Crippen LogP contribution in [0.5, 0.6) is 0 Å². The maximum absolute atomic E-state index is 11.5. The van der Waals surface area contributed by atoms with Crippen molar-refractivity contribution < 1.29 is 0 Å². The van der Waals surface area contributed by atoms with Gasteiger partial charge in [0.25, 0.3) is 5.56 Å². The molecule has 0 saturated carbocycles. The van der Waals surface area contributed by atoms with E-state index in [2.05, 4.69) is 25.0 Å². The minimum Gasteiger partial charge on any atom is -0.288 e. The van der Waals surface area contributed by atoms with E-state index >= 15 is 0 Å². The number of nitriles is 1. The predicted octanol–water partition coefficient (Wildman–Crippen LogP) is 2.45. The lowest BCUT2D eigenvalue weighted by molar-refractivity contribution is 0.952. The van der Waals surface area contributed by atoms with E-state index in [0.717, 1.165) is 22.0 Å². The fourth-order valence-electron chi connectivity index (χ4n) is 2.33. The molecule has 0 saturated heterocycles. The number of aromatic nitrogens is 4. The Morgan fingerprint density at radius 2 is 2.14 bits per heavy atom. The minimum atomic E-state index is -0.464. The fraction of sp³-hybridized carbons (Fsp3) is 0.200. The number of nitrogens with zero attached hydrogens (tertiary/aromatic N) is 4. The van der Waals surface area contributed by atoms with Gasteiger partial charge in [-0.15, -0.1) is 11.3 Å². The lowest BCUT2D eigenvalue weighted by Crippen LogP contribution is -2.15. The van der Waals surface area contributed by atoms with Crippen LogP contribution in [-0.2, 0) is 0 Å². The summed E-state index contributed by atoms with van der Waals surface area (Å²) in [7, 11) is 0. The highest BCUT2D eigenvalue weighted by molar-refractivity contribution is 7.15. The van der Waals surface area contributed by atoms with E-state index < -0.39 is 5.56 Å². The average molecular weight is 311 g/mol. The topological polar surface area (TPSA) is 86.8 Å². The number of hydrogen-bond acceptors (Lipinski definition) is 5. The SMILES string of the molecule is Cc1nc2scc(C)n2c1/C=C/c1n[nH]c(=O)c(C#N)c1C. The summed E-state index contributed by atoms with van der Waals surface area (Å²) in [5.41, 5.74) is 3.78. The number of H-pyrrole nitrogens is 1. The first-order chi connectivity index (χ1) is 10.5. The van der Waals surface area contributed by atoms with Gasteiger partial charge >= 0.3 is 0 Å². The Kier molecular flexibility index (Phi) is 3.39. The lowest BCUT2D eigenvalue weighted by atomic mass is 10.1. The molecule has 110 valence electrons. The molecule has 0 aliphatic heterocycles. The molecule has 0 atom stereocenters. The van der Waals surface area contributed by atoms with Crippen molar-refractivity contribution in [3.63, 3.8) is 0 Å². The van der Waals surface area contributed by atoms with Gasteiger partial charge < -0.3 is 0 Å². The highest BCUT2D eigenvalue weighted by Gasteiger charge is 2.11. The molecule has 7 heteroatoms. The second-order valence-corrected chi connectivity index (χ2v) is 5.80. The first-order valence-corrected chi connectivity index (χ1v) is 7.51. The molecule has 3 aromatic rings. The highest BCUT2D eigenvalue weighted by atomic mass is 32.1. The molecule has 22 heavy (non-hydrogen) atoms. The van der Waals surface area contributed by atoms with E-state index in [1.165, 1.54) is 0 Å². The van der Waals surface area contributed by atoms with Crippen molar-refractivity contribution in [2.45, 2.75) is 20.8 Å². The number of thiazole rings is 1. The van der Waals surface area contributed by atoms with Gasteiger partial charge in [0.2, 0.25) is 0 Å². The van der Waals surface area contributed by atoms with Crippen LogP contribution < -0.4 is 5.56 Å². The summed E-state index contributed by atoms with van der Waals surface area (Å²) >= 11 is 1.59. The zero-order valence-electron chi connectivity index (χ0n) is 12.3. The molecule has 0 amide bonds. The summed E-state index contributed by atoms with van der Waals surface area (Å²) in [6, 6.07) is 1.91. The van der Waals surface area contributed by atoms with Crippen molar-refractivity contribution in [1.82, 2.24) is 19.6 Å². The third-order valence-corrected chi connectivity index (χ3v) is 4.47. The quantitative estimate of drug-likeness (QED) is 0.787. The Morgan fingerprint density at radius 1 is 1.36 bits per heavy atom. The van der Waals surface area contributed by atoms with Crippen LogP contribution in [0.25, 0.3) is 17.1 Å². The first kappa shape index (κ1) is 14.2. The van der Waals surface area contributed by atoms with Gasteiger partial charge in [-0.1, -0.05) is 0 Å². The van der Waals surface area contributed by atoms with Gasteiger partial charge in [-0.2, -0.15) is 10.4 Å². The Bertz CT molecular complexity index is 1000. The smallest absolute Gasteiger partial charge is 0.282 e. The van der Waals surface area contributed by atoms with E-state index in [1.54, 1.807) is 24.3 Å². The van der Waals surface area contributed by atoms with Crippen molar-refractivity contribution in [3.8, 4) is 6.07 Å². The van der Waals surface area contributed by atoms with E-state index in [4.69, 9.17) is 5.26 Å². The summed E-state index contributed by atoms with van der Waals surface area (Å²) in [6.07, 6.45) is 3.70. The molecule has 0 radical (unpaired) electrons. The molecule has 0 bridgehead atoms. The normalized spacial score (nSPS) is 11.4. The van der Waals surface area contributed by atoms with Crippen molar-refractivity contribution in [2.24, 2.45) is 0 Å². The fourth-order valence-corrected chi connectivity index (χ4v) is 3.24. The molecule has 1 N–H and O–H groups in total. The number of aromatic amines is 1. The monoisotopic (exact) mass is 311 g/mol. The molecule has 0 aromatic carbocycles. The number of aryl methyl sites for hydroxylation is 2. The van der Waals surface area contributed by atoms with Crippen LogP contribution >= 0.6 is 11.3 Å². The van der Waals surface area contributed by atoms with Crippen LogP contribution in [-0.4, -0.2) is 19.6 Å². The molecule has 0 spiro atoms. The van der Waals surface area contributed by atoms with Crippen molar-refractivity contribution in [2.75, 3.05) is 0 Å².